The van der Waals surface area contributed by atoms with Gasteiger partial charge >= 0.3 is 0 Å². The molecule has 3 aromatic rings. The lowest BCUT2D eigenvalue weighted by Gasteiger charge is -2.17. The van der Waals surface area contributed by atoms with Gasteiger partial charge in [-0.2, -0.15) is 0 Å². The van der Waals surface area contributed by atoms with Crippen molar-refractivity contribution in [2.75, 3.05) is 5.43 Å². The van der Waals surface area contributed by atoms with Crippen LogP contribution in [-0.4, -0.2) is 20.0 Å². The predicted molar refractivity (Wildman–Crippen MR) is 91.8 cm³/mol. The minimum Gasteiger partial charge on any atom is -0.267 e. The van der Waals surface area contributed by atoms with Crippen LogP contribution in [0.1, 0.15) is 0 Å². The zero-order chi connectivity index (χ0) is 14.8. The van der Waals surface area contributed by atoms with Crippen molar-refractivity contribution >= 4 is 32.4 Å². The normalized spacial score (nSPS) is 15.4. The molecule has 108 valence electrons. The molecule has 1 N–H and O–H groups in total. The van der Waals surface area contributed by atoms with Gasteiger partial charge in [0.2, 0.25) is 5.16 Å². The lowest BCUT2D eigenvalue weighted by Crippen LogP contribution is -2.24. The first-order chi connectivity index (χ1) is 10.9. The molecule has 0 unspecified atom stereocenters. The van der Waals surface area contributed by atoms with E-state index in [0.29, 0.717) is 0 Å². The Labute approximate surface area is 135 Å². The topological polar surface area (TPSA) is 55.1 Å². The standard InChI is InChI=1S/C15H11N5S2/c1-3-7-11(8-4-1)13-17-18-15-20(13)19-14(21-22-15)16-12-9-5-2-6-10-12/h1-10H,(H,16,19). The number of rotatable bonds is 2. The van der Waals surface area contributed by atoms with Gasteiger partial charge in [-0.25, -0.2) is 9.67 Å². The monoisotopic (exact) mass is 325 g/mol. The maximum atomic E-state index is 4.60. The van der Waals surface area contributed by atoms with E-state index < -0.39 is 0 Å². The fourth-order valence-corrected chi connectivity index (χ4v) is 3.77. The molecule has 0 fully saturated rings. The Morgan fingerprint density at radius 2 is 1.59 bits per heavy atom. The van der Waals surface area contributed by atoms with Crippen LogP contribution in [0.2, 0.25) is 0 Å². The Bertz CT molecular complexity index is 814. The largest absolute Gasteiger partial charge is 0.267 e. The number of aromatic nitrogens is 3. The van der Waals surface area contributed by atoms with Crippen LogP contribution < -0.4 is 5.43 Å². The number of para-hydroxylation sites is 1. The van der Waals surface area contributed by atoms with Gasteiger partial charge in [-0.1, -0.05) is 48.5 Å². The minimum absolute atomic E-state index is 0.782. The molecule has 0 aliphatic carbocycles. The fourth-order valence-electron chi connectivity index (χ4n) is 2.05. The molecule has 2 aromatic carbocycles. The van der Waals surface area contributed by atoms with Crippen LogP contribution >= 0.6 is 21.6 Å². The van der Waals surface area contributed by atoms with E-state index in [1.165, 1.54) is 0 Å². The van der Waals surface area contributed by atoms with E-state index in [1.807, 2.05) is 65.3 Å². The fraction of sp³-hybridized carbons (Fsp3) is 0. The van der Waals surface area contributed by atoms with Gasteiger partial charge in [-0.3, -0.25) is 5.43 Å². The van der Waals surface area contributed by atoms with E-state index in [1.54, 1.807) is 21.6 Å². The van der Waals surface area contributed by atoms with Crippen molar-refractivity contribution in [2.45, 2.75) is 5.16 Å². The summed E-state index contributed by atoms with van der Waals surface area (Å²) >= 11 is 0. The van der Waals surface area contributed by atoms with Crippen molar-refractivity contribution in [3.63, 3.8) is 0 Å². The molecule has 22 heavy (non-hydrogen) atoms. The van der Waals surface area contributed by atoms with Crippen LogP contribution in [-0.2, 0) is 0 Å². The molecule has 7 heteroatoms. The van der Waals surface area contributed by atoms with Crippen LogP contribution in [0.3, 0.4) is 0 Å². The SMILES string of the molecule is c1ccc(N=C2Nn3c(nnc3-c3ccccc3)SS2)cc1. The number of hydrogen-bond donors (Lipinski definition) is 1. The first kappa shape index (κ1) is 13.4. The van der Waals surface area contributed by atoms with Crippen molar-refractivity contribution < 1.29 is 0 Å². The highest BCUT2D eigenvalue weighted by molar-refractivity contribution is 8.82. The van der Waals surface area contributed by atoms with Gasteiger partial charge in [0.1, 0.15) is 0 Å². The summed E-state index contributed by atoms with van der Waals surface area (Å²) in [4.78, 5) is 4.60. The highest BCUT2D eigenvalue weighted by Crippen LogP contribution is 2.36. The molecule has 0 atom stereocenters. The highest BCUT2D eigenvalue weighted by Gasteiger charge is 2.21. The molecule has 2 heterocycles. The average Bonchev–Trinajstić information content (AvgIpc) is 3.00. The summed E-state index contributed by atoms with van der Waals surface area (Å²) in [6.45, 7) is 0. The van der Waals surface area contributed by atoms with E-state index in [-0.39, 0.29) is 0 Å². The lowest BCUT2D eigenvalue weighted by atomic mass is 10.2. The van der Waals surface area contributed by atoms with Gasteiger partial charge < -0.3 is 0 Å². The number of amidine groups is 1. The molecule has 4 rings (SSSR count). The molecule has 1 aliphatic rings. The first-order valence-corrected chi connectivity index (χ1v) is 8.81. The molecule has 1 aliphatic heterocycles. The Morgan fingerprint density at radius 3 is 2.36 bits per heavy atom. The van der Waals surface area contributed by atoms with E-state index in [9.17, 15) is 0 Å². The Kier molecular flexibility index (Phi) is 3.57. The van der Waals surface area contributed by atoms with Crippen molar-refractivity contribution in [3.8, 4) is 11.4 Å². The molecule has 0 saturated carbocycles. The molecule has 0 radical (unpaired) electrons. The predicted octanol–water partition coefficient (Wildman–Crippen LogP) is 3.93. The van der Waals surface area contributed by atoms with Gasteiger partial charge in [-0.15, -0.1) is 10.2 Å². The van der Waals surface area contributed by atoms with Crippen molar-refractivity contribution in [3.05, 3.63) is 60.7 Å². The maximum absolute atomic E-state index is 4.60. The van der Waals surface area contributed by atoms with Crippen molar-refractivity contribution in [1.29, 1.82) is 0 Å². The number of nitrogens with zero attached hydrogens (tertiary/aromatic N) is 4. The second kappa shape index (κ2) is 5.86. The Balaban J connectivity index is 1.69. The number of benzene rings is 2. The maximum Gasteiger partial charge on any atom is 0.221 e. The van der Waals surface area contributed by atoms with Crippen LogP contribution in [0.5, 0.6) is 0 Å². The quantitative estimate of drug-likeness (QED) is 0.724. The summed E-state index contributed by atoms with van der Waals surface area (Å²) < 4.78 is 1.87. The van der Waals surface area contributed by atoms with Crippen LogP contribution in [0.25, 0.3) is 11.4 Å². The zero-order valence-electron chi connectivity index (χ0n) is 11.4. The summed E-state index contributed by atoms with van der Waals surface area (Å²) in [5.41, 5.74) is 5.20. The number of hydrogen-bond acceptors (Lipinski definition) is 5. The highest BCUT2D eigenvalue weighted by atomic mass is 33.1. The van der Waals surface area contributed by atoms with Crippen molar-refractivity contribution in [2.24, 2.45) is 4.99 Å². The molecule has 0 bridgehead atoms. The van der Waals surface area contributed by atoms with Crippen molar-refractivity contribution in [1.82, 2.24) is 14.9 Å². The summed E-state index contributed by atoms with van der Waals surface area (Å²) in [6, 6.07) is 19.8. The van der Waals surface area contributed by atoms with Gasteiger partial charge in [-0.05, 0) is 33.7 Å². The van der Waals surface area contributed by atoms with Crippen LogP contribution in [0.15, 0.2) is 70.8 Å². The zero-order valence-corrected chi connectivity index (χ0v) is 13.0. The second-order valence-corrected chi connectivity index (χ2v) is 6.62. The van der Waals surface area contributed by atoms with Gasteiger partial charge in [0.15, 0.2) is 11.0 Å². The van der Waals surface area contributed by atoms with Crippen LogP contribution in [0, 0.1) is 0 Å². The minimum atomic E-state index is 0.782. The molecule has 0 amide bonds. The number of aliphatic imine (C=N–C) groups is 1. The van der Waals surface area contributed by atoms with Gasteiger partial charge in [0.05, 0.1) is 5.69 Å². The van der Waals surface area contributed by atoms with Crippen LogP contribution in [0.4, 0.5) is 5.69 Å². The molecule has 0 saturated heterocycles. The van der Waals surface area contributed by atoms with Gasteiger partial charge in [0.25, 0.3) is 0 Å². The summed E-state index contributed by atoms with van der Waals surface area (Å²) in [7, 11) is 3.09. The number of nitrogens with one attached hydrogen (secondary N) is 1. The third-order valence-corrected chi connectivity index (χ3v) is 5.06. The third kappa shape index (κ3) is 2.60. The lowest BCUT2D eigenvalue weighted by molar-refractivity contribution is 0.840. The van der Waals surface area contributed by atoms with E-state index in [2.05, 4.69) is 20.6 Å². The third-order valence-electron chi connectivity index (χ3n) is 3.05. The molecule has 1 aromatic heterocycles. The van der Waals surface area contributed by atoms with E-state index >= 15 is 0 Å². The summed E-state index contributed by atoms with van der Waals surface area (Å²) in [6.07, 6.45) is 0. The Hall–Kier alpha value is -2.25. The molecule has 0 spiro atoms. The summed E-state index contributed by atoms with van der Waals surface area (Å²) in [5.74, 6) is 0.782. The second-order valence-electron chi connectivity index (χ2n) is 4.54. The average molecular weight is 325 g/mol. The molecule has 5 nitrogen and oxygen atoms in total. The van der Waals surface area contributed by atoms with Gasteiger partial charge in [0, 0.05) is 5.56 Å². The van der Waals surface area contributed by atoms with E-state index in [0.717, 1.165) is 27.4 Å². The smallest absolute Gasteiger partial charge is 0.221 e. The summed E-state index contributed by atoms with van der Waals surface area (Å²) in [5, 5.41) is 10.1. The molecular formula is C15H11N5S2. The first-order valence-electron chi connectivity index (χ1n) is 6.66. The Morgan fingerprint density at radius 1 is 0.864 bits per heavy atom. The molecular weight excluding hydrogens is 314 g/mol. The van der Waals surface area contributed by atoms with E-state index in [4.69, 9.17) is 0 Å². The number of fused-ring (bicyclic) bond motifs is 1.